The van der Waals surface area contributed by atoms with Crippen LogP contribution in [-0.2, 0) is 4.74 Å². The van der Waals surface area contributed by atoms with Crippen molar-refractivity contribution >= 4 is 33.5 Å². The average Bonchev–Trinajstić information content (AvgIpc) is 3.45. The minimum atomic E-state index is -0.266. The Hall–Kier alpha value is -3.63. The fraction of sp³-hybridized carbons (Fsp3) is 0.261. The van der Waals surface area contributed by atoms with Crippen molar-refractivity contribution in [3.05, 3.63) is 70.4 Å². The molecule has 168 valence electrons. The topological polar surface area (TPSA) is 97.0 Å². The quantitative estimate of drug-likeness (QED) is 0.341. The first-order chi connectivity index (χ1) is 16.1. The molecule has 0 aliphatic heterocycles. The van der Waals surface area contributed by atoms with Crippen LogP contribution in [0.15, 0.2) is 53.6 Å². The summed E-state index contributed by atoms with van der Waals surface area (Å²) in [5.41, 5.74) is 3.43. The summed E-state index contributed by atoms with van der Waals surface area (Å²) in [5.74, 6) is 0.679. The normalized spacial score (nSPS) is 12.5. The first kappa shape index (κ1) is 21.2. The first-order valence-electron chi connectivity index (χ1n) is 10.5. The van der Waals surface area contributed by atoms with Crippen LogP contribution in [0, 0.1) is 6.92 Å². The maximum atomic E-state index is 13.4. The highest BCUT2D eigenvalue weighted by Gasteiger charge is 2.20. The number of rotatable bonds is 7. The lowest BCUT2D eigenvalue weighted by atomic mass is 10.0. The van der Waals surface area contributed by atoms with Crippen LogP contribution in [0.4, 0.5) is 0 Å². The lowest BCUT2D eigenvalue weighted by molar-refractivity contribution is 0.146. The molecule has 0 spiro atoms. The molecule has 5 rings (SSSR count). The van der Waals surface area contributed by atoms with Gasteiger partial charge in [0.15, 0.2) is 5.52 Å². The van der Waals surface area contributed by atoms with Crippen molar-refractivity contribution in [2.45, 2.75) is 19.9 Å². The predicted octanol–water partition coefficient (Wildman–Crippen LogP) is 3.53. The highest BCUT2D eigenvalue weighted by molar-refractivity contribution is 7.08. The van der Waals surface area contributed by atoms with Crippen LogP contribution in [0.1, 0.15) is 24.2 Å². The van der Waals surface area contributed by atoms with Crippen molar-refractivity contribution in [3.63, 3.8) is 0 Å². The molecule has 0 bridgehead atoms. The molecule has 5 aromatic rings. The van der Waals surface area contributed by atoms with Crippen molar-refractivity contribution in [1.29, 1.82) is 0 Å². The Labute approximate surface area is 193 Å². The third-order valence-corrected chi connectivity index (χ3v) is 6.35. The minimum absolute atomic E-state index is 0.185. The lowest BCUT2D eigenvalue weighted by Gasteiger charge is -2.15. The molecule has 0 amide bonds. The Kier molecular flexibility index (Phi) is 5.61. The summed E-state index contributed by atoms with van der Waals surface area (Å²) in [4.78, 5) is 18.0. The molecule has 9 nitrogen and oxygen atoms in total. The van der Waals surface area contributed by atoms with Gasteiger partial charge in [0.25, 0.3) is 5.56 Å². The van der Waals surface area contributed by atoms with Gasteiger partial charge in [0.1, 0.15) is 22.9 Å². The standard InChI is InChI=1S/C23H22N6O3S/c1-14-11-20(33-26-14)28-8-7-19-22(23(28)30)29(27-25-19)15(2)18-6-4-5-16-12-17(13-24-21(16)18)32-10-9-31-3/h4-8,11-13,15H,9-10H2,1-3H3. The fourth-order valence-corrected chi connectivity index (χ4v) is 4.56. The van der Waals surface area contributed by atoms with Gasteiger partial charge in [-0.25, -0.2) is 4.68 Å². The van der Waals surface area contributed by atoms with E-state index >= 15 is 0 Å². The number of ether oxygens (including phenoxy) is 2. The van der Waals surface area contributed by atoms with E-state index in [2.05, 4.69) is 19.7 Å². The highest BCUT2D eigenvalue weighted by atomic mass is 32.1. The molecular formula is C23H22N6O3S. The molecule has 0 N–H and O–H groups in total. The lowest BCUT2D eigenvalue weighted by Crippen LogP contribution is -2.21. The largest absolute Gasteiger partial charge is 0.490 e. The third-order valence-electron chi connectivity index (χ3n) is 5.47. The summed E-state index contributed by atoms with van der Waals surface area (Å²) in [5, 5.41) is 10.3. The molecule has 1 atom stereocenters. The number of nitrogens with zero attached hydrogens (tertiary/aromatic N) is 6. The molecule has 10 heteroatoms. The zero-order valence-corrected chi connectivity index (χ0v) is 19.2. The Morgan fingerprint density at radius 1 is 1.18 bits per heavy atom. The summed E-state index contributed by atoms with van der Waals surface area (Å²) in [6.07, 6.45) is 3.42. The maximum Gasteiger partial charge on any atom is 0.283 e. The second kappa shape index (κ2) is 8.72. The van der Waals surface area contributed by atoms with Gasteiger partial charge in [0, 0.05) is 24.3 Å². The molecule has 4 heterocycles. The van der Waals surface area contributed by atoms with E-state index in [1.807, 2.05) is 44.2 Å². The van der Waals surface area contributed by atoms with E-state index in [9.17, 15) is 4.79 Å². The number of pyridine rings is 2. The van der Waals surface area contributed by atoms with Gasteiger partial charge in [0.2, 0.25) is 0 Å². The number of aryl methyl sites for hydroxylation is 1. The number of hydrogen-bond donors (Lipinski definition) is 0. The molecule has 33 heavy (non-hydrogen) atoms. The number of fused-ring (bicyclic) bond motifs is 2. The van der Waals surface area contributed by atoms with E-state index in [1.54, 1.807) is 34.8 Å². The van der Waals surface area contributed by atoms with Crippen LogP contribution in [0.25, 0.3) is 26.9 Å². The second-order valence-electron chi connectivity index (χ2n) is 7.67. The van der Waals surface area contributed by atoms with Crippen LogP contribution in [0.3, 0.4) is 0 Å². The molecule has 0 saturated heterocycles. The molecule has 0 saturated carbocycles. The van der Waals surface area contributed by atoms with Crippen molar-refractivity contribution in [3.8, 4) is 10.8 Å². The van der Waals surface area contributed by atoms with Gasteiger partial charge in [-0.1, -0.05) is 23.4 Å². The Balaban J connectivity index is 1.57. The van der Waals surface area contributed by atoms with Crippen LogP contribution in [0.2, 0.25) is 0 Å². The van der Waals surface area contributed by atoms with Gasteiger partial charge in [0.05, 0.1) is 30.1 Å². The number of para-hydroxylation sites is 1. The van der Waals surface area contributed by atoms with Gasteiger partial charge in [-0.05, 0) is 43.6 Å². The van der Waals surface area contributed by atoms with Crippen molar-refractivity contribution in [2.75, 3.05) is 20.3 Å². The molecule has 1 aromatic carbocycles. The molecule has 4 aromatic heterocycles. The first-order valence-corrected chi connectivity index (χ1v) is 11.2. The van der Waals surface area contributed by atoms with Crippen LogP contribution >= 0.6 is 11.5 Å². The van der Waals surface area contributed by atoms with E-state index in [1.165, 1.54) is 11.5 Å². The van der Waals surface area contributed by atoms with Crippen molar-refractivity contribution in [1.82, 2.24) is 28.9 Å². The molecule has 0 radical (unpaired) electrons. The number of methoxy groups -OCH3 is 1. The Bertz CT molecular complexity index is 1510. The number of hydrogen-bond acceptors (Lipinski definition) is 8. The van der Waals surface area contributed by atoms with E-state index in [4.69, 9.17) is 9.47 Å². The highest BCUT2D eigenvalue weighted by Crippen LogP contribution is 2.28. The smallest absolute Gasteiger partial charge is 0.283 e. The van der Waals surface area contributed by atoms with Gasteiger partial charge >= 0.3 is 0 Å². The molecule has 1 unspecified atom stereocenters. The van der Waals surface area contributed by atoms with Crippen LogP contribution in [-0.4, -0.2) is 49.2 Å². The monoisotopic (exact) mass is 462 g/mol. The minimum Gasteiger partial charge on any atom is -0.490 e. The summed E-state index contributed by atoms with van der Waals surface area (Å²) in [7, 11) is 1.64. The number of aromatic nitrogens is 6. The summed E-state index contributed by atoms with van der Waals surface area (Å²) < 4.78 is 18.3. The van der Waals surface area contributed by atoms with E-state index < -0.39 is 0 Å². The van der Waals surface area contributed by atoms with Gasteiger partial charge in [-0.2, -0.15) is 4.37 Å². The van der Waals surface area contributed by atoms with E-state index in [0.29, 0.717) is 30.0 Å². The van der Waals surface area contributed by atoms with Crippen molar-refractivity contribution in [2.24, 2.45) is 0 Å². The van der Waals surface area contributed by atoms with Crippen LogP contribution in [0.5, 0.6) is 5.75 Å². The molecule has 0 fully saturated rings. The van der Waals surface area contributed by atoms with Crippen molar-refractivity contribution < 1.29 is 9.47 Å². The zero-order valence-electron chi connectivity index (χ0n) is 18.4. The average molecular weight is 463 g/mol. The van der Waals surface area contributed by atoms with Crippen LogP contribution < -0.4 is 10.3 Å². The van der Waals surface area contributed by atoms with Gasteiger partial charge in [-0.3, -0.25) is 14.3 Å². The number of benzene rings is 1. The fourth-order valence-electron chi connectivity index (χ4n) is 3.82. The SMILES string of the molecule is COCCOc1cnc2c(C(C)n3nnc4ccn(-c5cc(C)ns5)c(=O)c43)cccc2c1. The van der Waals surface area contributed by atoms with Gasteiger partial charge in [-0.15, -0.1) is 5.10 Å². The summed E-state index contributed by atoms with van der Waals surface area (Å²) in [6.45, 7) is 4.85. The van der Waals surface area contributed by atoms with E-state index in [-0.39, 0.29) is 11.6 Å². The summed E-state index contributed by atoms with van der Waals surface area (Å²) in [6, 6.07) is 11.3. The summed E-state index contributed by atoms with van der Waals surface area (Å²) >= 11 is 1.28. The molecular weight excluding hydrogens is 440 g/mol. The molecule has 0 aliphatic carbocycles. The Morgan fingerprint density at radius 3 is 2.85 bits per heavy atom. The predicted molar refractivity (Wildman–Crippen MR) is 126 cm³/mol. The van der Waals surface area contributed by atoms with E-state index in [0.717, 1.165) is 27.2 Å². The maximum absolute atomic E-state index is 13.4. The Morgan fingerprint density at radius 2 is 2.06 bits per heavy atom. The third kappa shape index (κ3) is 3.87. The zero-order chi connectivity index (χ0) is 22.9. The van der Waals surface area contributed by atoms with Gasteiger partial charge < -0.3 is 9.47 Å². The molecule has 0 aliphatic rings. The second-order valence-corrected chi connectivity index (χ2v) is 8.46.